The van der Waals surface area contributed by atoms with Crippen molar-refractivity contribution in [3.8, 4) is 51.0 Å². The molecule has 0 atom stereocenters. The van der Waals surface area contributed by atoms with Gasteiger partial charge < -0.3 is 8.98 Å². The van der Waals surface area contributed by atoms with Crippen LogP contribution in [0.3, 0.4) is 0 Å². The topological polar surface area (TPSA) is 56.7 Å². The zero-order chi connectivity index (χ0) is 40.7. The Bertz CT molecular complexity index is 3840. The van der Waals surface area contributed by atoms with Gasteiger partial charge >= 0.3 is 0 Å². The van der Waals surface area contributed by atoms with Crippen LogP contribution in [0, 0.1) is 0 Å². The minimum Gasteiger partial charge on any atom is -0.456 e. The predicted octanol–water partition coefficient (Wildman–Crippen LogP) is 15.0. The first-order chi connectivity index (χ1) is 30.7. The Balaban J connectivity index is 1.00. The SMILES string of the molecule is c1ccc(-c2ccc3c(c2)c2cc4ccccc4cc2n3-c2ccc3c(c2)oc2cccc(-c4nc(-c5ccc6ccccc6c5)nc(-c5ccc6ccccc6c5)n4)c23)cc1. The van der Waals surface area contributed by atoms with E-state index in [0.717, 1.165) is 66.1 Å². The molecule has 13 aromatic rings. The molecule has 0 spiro atoms. The highest BCUT2D eigenvalue weighted by molar-refractivity contribution is 6.16. The van der Waals surface area contributed by atoms with Crippen LogP contribution in [0.4, 0.5) is 0 Å². The summed E-state index contributed by atoms with van der Waals surface area (Å²) in [5.41, 5.74) is 10.0. The second-order valence-corrected chi connectivity index (χ2v) is 16.0. The van der Waals surface area contributed by atoms with E-state index >= 15 is 0 Å². The van der Waals surface area contributed by atoms with Crippen molar-refractivity contribution in [2.75, 3.05) is 0 Å². The van der Waals surface area contributed by atoms with E-state index in [0.29, 0.717) is 17.5 Å². The van der Waals surface area contributed by atoms with Gasteiger partial charge in [-0.1, -0.05) is 146 Å². The van der Waals surface area contributed by atoms with E-state index in [1.165, 1.54) is 43.4 Å². The molecule has 0 aliphatic rings. The number of benzene rings is 10. The second-order valence-electron chi connectivity index (χ2n) is 16.0. The van der Waals surface area contributed by atoms with Gasteiger partial charge in [0.1, 0.15) is 11.2 Å². The van der Waals surface area contributed by atoms with Crippen LogP contribution >= 0.6 is 0 Å². The van der Waals surface area contributed by atoms with Crippen LogP contribution in [0.25, 0.3) is 127 Å². The Labute approximate surface area is 355 Å². The summed E-state index contributed by atoms with van der Waals surface area (Å²) >= 11 is 0. The van der Waals surface area contributed by atoms with Crippen molar-refractivity contribution < 1.29 is 4.42 Å². The molecule has 0 bridgehead atoms. The number of fused-ring (bicyclic) bond motifs is 9. The van der Waals surface area contributed by atoms with Gasteiger partial charge in [0.15, 0.2) is 17.5 Å². The lowest BCUT2D eigenvalue weighted by molar-refractivity contribution is 0.668. The lowest BCUT2D eigenvalue weighted by Crippen LogP contribution is -2.00. The quantitative estimate of drug-likeness (QED) is 0.174. The van der Waals surface area contributed by atoms with E-state index < -0.39 is 0 Å². The molecule has 0 saturated carbocycles. The molecule has 3 aromatic heterocycles. The Morgan fingerprint density at radius 3 is 1.60 bits per heavy atom. The first kappa shape index (κ1) is 34.5. The molecule has 5 heteroatoms. The fraction of sp³-hybridized carbons (Fsp3) is 0. The van der Waals surface area contributed by atoms with E-state index in [9.17, 15) is 0 Å². The minimum absolute atomic E-state index is 0.590. The Kier molecular flexibility index (Phi) is 7.54. The van der Waals surface area contributed by atoms with Crippen LogP contribution in [0.15, 0.2) is 211 Å². The van der Waals surface area contributed by atoms with Crippen LogP contribution in [-0.2, 0) is 0 Å². The van der Waals surface area contributed by atoms with E-state index in [-0.39, 0.29) is 0 Å². The summed E-state index contributed by atoms with van der Waals surface area (Å²) in [4.78, 5) is 15.6. The number of aromatic nitrogens is 4. The number of hydrogen-bond acceptors (Lipinski definition) is 4. The van der Waals surface area contributed by atoms with Crippen molar-refractivity contribution in [3.63, 3.8) is 0 Å². The Hall–Kier alpha value is -8.41. The molecule has 0 unspecified atom stereocenters. The molecule has 0 radical (unpaired) electrons. The summed E-state index contributed by atoms with van der Waals surface area (Å²) in [6, 6.07) is 72.9. The van der Waals surface area contributed by atoms with E-state index in [1.807, 2.05) is 12.1 Å². The first-order valence-corrected chi connectivity index (χ1v) is 20.9. The molecular weight excluding hydrogens is 757 g/mol. The van der Waals surface area contributed by atoms with Gasteiger partial charge in [-0.25, -0.2) is 15.0 Å². The van der Waals surface area contributed by atoms with E-state index in [4.69, 9.17) is 19.4 Å². The van der Waals surface area contributed by atoms with Crippen molar-refractivity contribution in [1.82, 2.24) is 19.5 Å². The maximum Gasteiger partial charge on any atom is 0.164 e. The summed E-state index contributed by atoms with van der Waals surface area (Å²) in [5, 5.41) is 11.4. The number of hydrogen-bond donors (Lipinski definition) is 0. The molecule has 0 fully saturated rings. The van der Waals surface area contributed by atoms with E-state index in [1.54, 1.807) is 0 Å². The highest BCUT2D eigenvalue weighted by Gasteiger charge is 2.20. The maximum absolute atomic E-state index is 6.77. The third kappa shape index (κ3) is 5.52. The molecule has 13 rings (SSSR count). The van der Waals surface area contributed by atoms with Crippen LogP contribution in [-0.4, -0.2) is 19.5 Å². The van der Waals surface area contributed by atoms with Crippen LogP contribution in [0.5, 0.6) is 0 Å². The second kappa shape index (κ2) is 13.6. The average Bonchev–Trinajstić information content (AvgIpc) is 3.87. The highest BCUT2D eigenvalue weighted by Crippen LogP contribution is 2.41. The van der Waals surface area contributed by atoms with Crippen molar-refractivity contribution in [2.45, 2.75) is 0 Å². The molecule has 0 aliphatic carbocycles. The normalized spacial score (nSPS) is 11.9. The van der Waals surface area contributed by atoms with Crippen LogP contribution < -0.4 is 0 Å². The van der Waals surface area contributed by atoms with Crippen molar-refractivity contribution in [2.24, 2.45) is 0 Å². The molecule has 3 heterocycles. The summed E-state index contributed by atoms with van der Waals surface area (Å²) in [7, 11) is 0. The van der Waals surface area contributed by atoms with Crippen molar-refractivity contribution in [1.29, 1.82) is 0 Å². The van der Waals surface area contributed by atoms with Crippen molar-refractivity contribution in [3.05, 3.63) is 206 Å². The Morgan fingerprint density at radius 1 is 0.323 bits per heavy atom. The monoisotopic (exact) mass is 790 g/mol. The summed E-state index contributed by atoms with van der Waals surface area (Å²) in [6.07, 6.45) is 0. The maximum atomic E-state index is 6.77. The fourth-order valence-corrected chi connectivity index (χ4v) is 9.35. The largest absolute Gasteiger partial charge is 0.456 e. The highest BCUT2D eigenvalue weighted by atomic mass is 16.3. The van der Waals surface area contributed by atoms with Gasteiger partial charge in [0.2, 0.25) is 0 Å². The zero-order valence-electron chi connectivity index (χ0n) is 33.3. The Morgan fingerprint density at radius 2 is 0.903 bits per heavy atom. The van der Waals surface area contributed by atoms with Gasteiger partial charge in [-0.15, -0.1) is 0 Å². The van der Waals surface area contributed by atoms with Gasteiger partial charge in [0.25, 0.3) is 0 Å². The smallest absolute Gasteiger partial charge is 0.164 e. The predicted molar refractivity (Wildman–Crippen MR) is 256 cm³/mol. The van der Waals surface area contributed by atoms with Gasteiger partial charge in [0, 0.05) is 50.0 Å². The number of furan rings is 1. The van der Waals surface area contributed by atoms with Gasteiger partial charge in [0.05, 0.1) is 11.0 Å². The third-order valence-electron chi connectivity index (χ3n) is 12.4. The van der Waals surface area contributed by atoms with E-state index in [2.05, 4.69) is 199 Å². The molecule has 5 nitrogen and oxygen atoms in total. The minimum atomic E-state index is 0.590. The average molecular weight is 791 g/mol. The molecule has 10 aromatic carbocycles. The van der Waals surface area contributed by atoms with Gasteiger partial charge in [-0.05, 0) is 98.0 Å². The molecule has 0 aliphatic heterocycles. The zero-order valence-corrected chi connectivity index (χ0v) is 33.3. The summed E-state index contributed by atoms with van der Waals surface area (Å²) < 4.78 is 9.14. The molecule has 0 N–H and O–H groups in total. The number of nitrogens with zero attached hydrogens (tertiary/aromatic N) is 4. The molecular formula is C57H34N4O. The van der Waals surface area contributed by atoms with Gasteiger partial charge in [-0.2, -0.15) is 0 Å². The summed E-state index contributed by atoms with van der Waals surface area (Å²) in [6.45, 7) is 0. The third-order valence-corrected chi connectivity index (χ3v) is 12.4. The van der Waals surface area contributed by atoms with Crippen LogP contribution in [0.1, 0.15) is 0 Å². The number of rotatable bonds is 5. The van der Waals surface area contributed by atoms with Crippen LogP contribution in [0.2, 0.25) is 0 Å². The molecule has 0 amide bonds. The van der Waals surface area contributed by atoms with Gasteiger partial charge in [-0.3, -0.25) is 0 Å². The first-order valence-electron chi connectivity index (χ1n) is 20.9. The lowest BCUT2D eigenvalue weighted by Gasteiger charge is -2.11. The standard InChI is InChI=1S/C57H34N4O/c1-2-11-35(12-3-1)42-25-28-50-48(32-42)49-31-40-17-8-9-18-41(40)33-51(49)61(50)45-26-27-46-53(34-45)62-52-20-10-19-47(54(46)52)57-59-55(43-23-21-36-13-4-6-15-38(36)29-43)58-56(60-57)44-24-22-37-14-5-7-16-39(37)30-44/h1-34H. The molecule has 0 saturated heterocycles. The lowest BCUT2D eigenvalue weighted by atomic mass is 10.0. The summed E-state index contributed by atoms with van der Waals surface area (Å²) in [5.74, 6) is 1.82. The molecule has 62 heavy (non-hydrogen) atoms. The molecule has 288 valence electrons. The fourth-order valence-electron chi connectivity index (χ4n) is 9.35. The van der Waals surface area contributed by atoms with Crippen molar-refractivity contribution >= 4 is 76.1 Å².